The second-order valence-corrected chi connectivity index (χ2v) is 6.00. The average Bonchev–Trinajstić information content (AvgIpc) is 2.46. The highest BCUT2D eigenvalue weighted by molar-refractivity contribution is 5.80. The van der Waals surface area contributed by atoms with Gasteiger partial charge in [0.2, 0.25) is 5.91 Å². The summed E-state index contributed by atoms with van der Waals surface area (Å²) in [6.45, 7) is 0. The van der Waals surface area contributed by atoms with Crippen LogP contribution >= 0.6 is 0 Å². The first kappa shape index (κ1) is 17.4. The molecule has 0 spiro atoms. The third-order valence-electron chi connectivity index (χ3n) is 4.31. The fourth-order valence-corrected chi connectivity index (χ4v) is 3.07. The Bertz CT molecular complexity index is 577. The quantitative estimate of drug-likeness (QED) is 0.894. The van der Waals surface area contributed by atoms with Crippen molar-refractivity contribution < 1.29 is 23.5 Å². The summed E-state index contributed by atoms with van der Waals surface area (Å²) in [5.74, 6) is -4.06. The van der Waals surface area contributed by atoms with Gasteiger partial charge in [0.05, 0.1) is 12.3 Å². The van der Waals surface area contributed by atoms with Crippen molar-refractivity contribution in [1.29, 1.82) is 0 Å². The van der Waals surface area contributed by atoms with Crippen molar-refractivity contribution in [1.82, 2.24) is 5.32 Å². The second kappa shape index (κ2) is 8.04. The molecule has 2 unspecified atom stereocenters. The molecule has 1 aliphatic rings. The Labute approximate surface area is 133 Å². The lowest BCUT2D eigenvalue weighted by Gasteiger charge is -2.27. The van der Waals surface area contributed by atoms with Gasteiger partial charge in [0.15, 0.2) is 11.6 Å². The van der Waals surface area contributed by atoms with E-state index in [0.29, 0.717) is 12.8 Å². The standard InChI is InChI=1S/C17H21F2NO3/c18-13-8-5-6-11(16(13)19)10-15(21)20-14-9-4-2-1-3-7-12(14)17(22)23/h5-6,8,12,14H,1-4,7,9-10H2,(H,20,21)(H,22,23). The summed E-state index contributed by atoms with van der Waals surface area (Å²) in [7, 11) is 0. The molecule has 1 aliphatic carbocycles. The minimum atomic E-state index is -1.03. The predicted octanol–water partition coefficient (Wildman–Crippen LogP) is 3.05. The zero-order valence-corrected chi connectivity index (χ0v) is 12.9. The van der Waals surface area contributed by atoms with E-state index in [1.54, 1.807) is 0 Å². The molecule has 126 valence electrons. The fourth-order valence-electron chi connectivity index (χ4n) is 3.07. The van der Waals surface area contributed by atoms with Crippen LogP contribution in [0, 0.1) is 17.6 Å². The van der Waals surface area contributed by atoms with Crippen LogP contribution in [0.3, 0.4) is 0 Å². The van der Waals surface area contributed by atoms with Gasteiger partial charge in [-0.05, 0) is 18.9 Å². The van der Waals surface area contributed by atoms with Gasteiger partial charge >= 0.3 is 5.97 Å². The van der Waals surface area contributed by atoms with Crippen molar-refractivity contribution in [3.8, 4) is 0 Å². The molecular formula is C17H21F2NO3. The zero-order chi connectivity index (χ0) is 16.8. The molecule has 0 heterocycles. The van der Waals surface area contributed by atoms with Crippen molar-refractivity contribution >= 4 is 11.9 Å². The molecule has 1 saturated carbocycles. The van der Waals surface area contributed by atoms with Crippen molar-refractivity contribution in [3.05, 3.63) is 35.4 Å². The molecule has 0 bridgehead atoms. The lowest BCUT2D eigenvalue weighted by molar-refractivity contribution is -0.143. The number of aliphatic carboxylic acids is 1. The molecule has 0 aromatic heterocycles. The Balaban J connectivity index is 2.03. The highest BCUT2D eigenvalue weighted by Crippen LogP contribution is 2.23. The van der Waals surface area contributed by atoms with Crippen LogP contribution in [0.25, 0.3) is 0 Å². The number of carboxylic acid groups (broad SMARTS) is 1. The normalized spacial score (nSPS) is 22.0. The van der Waals surface area contributed by atoms with Crippen molar-refractivity contribution in [3.63, 3.8) is 0 Å². The van der Waals surface area contributed by atoms with E-state index in [1.807, 2.05) is 0 Å². The SMILES string of the molecule is O=C(Cc1cccc(F)c1F)NC1CCCCCCC1C(=O)O. The molecule has 1 aromatic rings. The Hall–Kier alpha value is -1.98. The first-order valence-electron chi connectivity index (χ1n) is 7.94. The van der Waals surface area contributed by atoms with Crippen LogP contribution in [0.1, 0.15) is 44.1 Å². The van der Waals surface area contributed by atoms with Crippen LogP contribution in [-0.4, -0.2) is 23.0 Å². The maximum absolute atomic E-state index is 13.6. The molecule has 2 atom stereocenters. The summed E-state index contributed by atoms with van der Waals surface area (Å²) >= 11 is 0. The predicted molar refractivity (Wildman–Crippen MR) is 80.8 cm³/mol. The molecule has 0 saturated heterocycles. The molecule has 1 aromatic carbocycles. The number of hydrogen-bond donors (Lipinski definition) is 2. The Morgan fingerprint density at radius 3 is 2.52 bits per heavy atom. The van der Waals surface area contributed by atoms with Crippen molar-refractivity contribution in [2.24, 2.45) is 5.92 Å². The van der Waals surface area contributed by atoms with E-state index in [9.17, 15) is 23.5 Å². The number of amides is 1. The van der Waals surface area contributed by atoms with Gasteiger partial charge in [0.25, 0.3) is 0 Å². The molecule has 0 radical (unpaired) electrons. The minimum Gasteiger partial charge on any atom is -0.481 e. The number of hydrogen-bond acceptors (Lipinski definition) is 2. The Morgan fingerprint density at radius 1 is 1.13 bits per heavy atom. The van der Waals surface area contributed by atoms with Gasteiger partial charge in [-0.2, -0.15) is 0 Å². The minimum absolute atomic E-state index is 0.0276. The van der Waals surface area contributed by atoms with Gasteiger partial charge in [-0.3, -0.25) is 9.59 Å². The third-order valence-corrected chi connectivity index (χ3v) is 4.31. The van der Waals surface area contributed by atoms with Crippen LogP contribution in [0.15, 0.2) is 18.2 Å². The summed E-state index contributed by atoms with van der Waals surface area (Å²) in [5.41, 5.74) is -0.0276. The smallest absolute Gasteiger partial charge is 0.308 e. The van der Waals surface area contributed by atoms with Crippen LogP contribution in [0.2, 0.25) is 0 Å². The third kappa shape index (κ3) is 4.74. The highest BCUT2D eigenvalue weighted by Gasteiger charge is 2.30. The molecule has 1 amide bonds. The first-order valence-corrected chi connectivity index (χ1v) is 7.94. The Kier molecular flexibility index (Phi) is 6.07. The Morgan fingerprint density at radius 2 is 1.83 bits per heavy atom. The van der Waals surface area contributed by atoms with Crippen LogP contribution in [0.4, 0.5) is 8.78 Å². The molecule has 6 heteroatoms. The summed E-state index contributed by atoms with van der Waals surface area (Å²) in [6.07, 6.45) is 4.50. The topological polar surface area (TPSA) is 66.4 Å². The number of nitrogens with one attached hydrogen (secondary N) is 1. The first-order chi connectivity index (χ1) is 11.0. The summed E-state index contributed by atoms with van der Waals surface area (Å²) < 4.78 is 26.8. The molecule has 23 heavy (non-hydrogen) atoms. The van der Waals surface area contributed by atoms with Gasteiger partial charge in [0.1, 0.15) is 0 Å². The summed E-state index contributed by atoms with van der Waals surface area (Å²) in [4.78, 5) is 23.5. The lowest BCUT2D eigenvalue weighted by Crippen LogP contribution is -2.44. The number of halogens is 2. The molecule has 0 aliphatic heterocycles. The number of carbonyl (C=O) groups excluding carboxylic acids is 1. The number of carbonyl (C=O) groups is 2. The molecule has 1 fully saturated rings. The molecular weight excluding hydrogens is 304 g/mol. The summed E-state index contributed by atoms with van der Waals surface area (Å²) in [5, 5.41) is 12.1. The highest BCUT2D eigenvalue weighted by atomic mass is 19.2. The van der Waals surface area contributed by atoms with Crippen LogP contribution in [0.5, 0.6) is 0 Å². The number of carboxylic acids is 1. The van der Waals surface area contributed by atoms with E-state index in [1.165, 1.54) is 12.1 Å². The monoisotopic (exact) mass is 325 g/mol. The van der Waals surface area contributed by atoms with Gasteiger partial charge in [-0.15, -0.1) is 0 Å². The molecule has 4 nitrogen and oxygen atoms in total. The lowest BCUT2D eigenvalue weighted by atomic mass is 9.86. The van der Waals surface area contributed by atoms with Crippen LogP contribution < -0.4 is 5.32 Å². The second-order valence-electron chi connectivity index (χ2n) is 6.00. The maximum atomic E-state index is 13.6. The van der Waals surface area contributed by atoms with E-state index in [4.69, 9.17) is 0 Å². The van der Waals surface area contributed by atoms with E-state index in [2.05, 4.69) is 5.32 Å². The van der Waals surface area contributed by atoms with Crippen LogP contribution in [-0.2, 0) is 16.0 Å². The van der Waals surface area contributed by atoms with Gasteiger partial charge in [-0.25, -0.2) is 8.78 Å². The van der Waals surface area contributed by atoms with Gasteiger partial charge in [0, 0.05) is 11.6 Å². The summed E-state index contributed by atoms with van der Waals surface area (Å²) in [6, 6.07) is 3.23. The van der Waals surface area contributed by atoms with E-state index >= 15 is 0 Å². The van der Waals surface area contributed by atoms with E-state index in [-0.39, 0.29) is 12.0 Å². The fraction of sp³-hybridized carbons (Fsp3) is 0.529. The maximum Gasteiger partial charge on any atom is 0.308 e. The average molecular weight is 325 g/mol. The van der Waals surface area contributed by atoms with Gasteiger partial charge in [-0.1, -0.05) is 37.8 Å². The number of rotatable bonds is 4. The van der Waals surface area contributed by atoms with E-state index < -0.39 is 35.5 Å². The van der Waals surface area contributed by atoms with Crippen molar-refractivity contribution in [2.75, 3.05) is 0 Å². The largest absolute Gasteiger partial charge is 0.481 e. The zero-order valence-electron chi connectivity index (χ0n) is 12.9. The van der Waals surface area contributed by atoms with Gasteiger partial charge < -0.3 is 10.4 Å². The van der Waals surface area contributed by atoms with Crippen molar-refractivity contribution in [2.45, 2.75) is 51.0 Å². The molecule has 2 rings (SSSR count). The number of benzene rings is 1. The van der Waals surface area contributed by atoms with E-state index in [0.717, 1.165) is 31.7 Å². The molecule has 2 N–H and O–H groups in total.